The maximum Gasteiger partial charge on any atom is 0.0650 e. The first-order valence-corrected chi connectivity index (χ1v) is 4.77. The molecule has 1 aromatic carbocycles. The zero-order valence-electron chi connectivity index (χ0n) is 8.54. The van der Waals surface area contributed by atoms with Crippen molar-refractivity contribution >= 4 is 10.9 Å². The molecule has 0 bridgehead atoms. The molecule has 0 unspecified atom stereocenters. The Balaban J connectivity index is 2.53. The monoisotopic (exact) mass is 189 g/mol. The molecule has 0 aliphatic heterocycles. The number of H-pyrrole nitrogens is 1. The van der Waals surface area contributed by atoms with Crippen LogP contribution in [0.15, 0.2) is 24.4 Å². The number of nitrogens with zero attached hydrogens (tertiary/aromatic N) is 1. The number of hydrogen-bond donors (Lipinski definition) is 2. The Morgan fingerprint density at radius 1 is 1.43 bits per heavy atom. The highest BCUT2D eigenvalue weighted by molar-refractivity contribution is 5.78. The van der Waals surface area contributed by atoms with Gasteiger partial charge in [0.15, 0.2) is 0 Å². The summed E-state index contributed by atoms with van der Waals surface area (Å²) in [6, 6.07) is 6.30. The van der Waals surface area contributed by atoms with Gasteiger partial charge in [0.05, 0.1) is 11.7 Å². The van der Waals surface area contributed by atoms with Gasteiger partial charge in [0, 0.05) is 17.3 Å². The van der Waals surface area contributed by atoms with E-state index < -0.39 is 0 Å². The van der Waals surface area contributed by atoms with E-state index in [1.165, 1.54) is 5.56 Å². The van der Waals surface area contributed by atoms with Gasteiger partial charge in [-0.05, 0) is 17.7 Å². The molecule has 2 aromatic rings. The van der Waals surface area contributed by atoms with E-state index in [0.717, 1.165) is 10.9 Å². The normalized spacial score (nSPS) is 12.2. The lowest BCUT2D eigenvalue weighted by molar-refractivity contribution is 0.540. The van der Waals surface area contributed by atoms with E-state index in [9.17, 15) is 0 Å². The number of rotatable bonds is 2. The number of benzene rings is 1. The number of fused-ring (bicyclic) bond motifs is 1. The van der Waals surface area contributed by atoms with E-state index in [-0.39, 0.29) is 5.41 Å². The predicted molar refractivity (Wildman–Crippen MR) is 58.2 cm³/mol. The Morgan fingerprint density at radius 3 is 2.93 bits per heavy atom. The third-order valence-electron chi connectivity index (χ3n) is 2.73. The summed E-state index contributed by atoms with van der Waals surface area (Å²) in [6.07, 6.45) is 1.84. The number of nitrogens with two attached hydrogens (primary N) is 1. The van der Waals surface area contributed by atoms with Crippen molar-refractivity contribution in [1.82, 2.24) is 10.2 Å². The molecule has 3 nitrogen and oxygen atoms in total. The molecule has 74 valence electrons. The second-order valence-electron chi connectivity index (χ2n) is 4.26. The van der Waals surface area contributed by atoms with Gasteiger partial charge >= 0.3 is 0 Å². The summed E-state index contributed by atoms with van der Waals surface area (Å²) >= 11 is 0. The van der Waals surface area contributed by atoms with Gasteiger partial charge < -0.3 is 5.73 Å². The standard InChI is InChI=1S/C11H15N3/c1-11(2,7-12)9-3-4-10-8(5-9)6-13-14-10/h3-6H,7,12H2,1-2H3,(H,13,14). The molecule has 3 heteroatoms. The number of aromatic amines is 1. The highest BCUT2D eigenvalue weighted by Crippen LogP contribution is 2.24. The molecule has 0 saturated carbocycles. The molecule has 0 fully saturated rings. The van der Waals surface area contributed by atoms with Crippen LogP contribution < -0.4 is 5.73 Å². The average molecular weight is 189 g/mol. The Bertz CT molecular complexity index is 442. The van der Waals surface area contributed by atoms with E-state index >= 15 is 0 Å². The van der Waals surface area contributed by atoms with Crippen molar-refractivity contribution in [3.63, 3.8) is 0 Å². The zero-order chi connectivity index (χ0) is 10.2. The Kier molecular flexibility index (Phi) is 2.04. The first-order valence-electron chi connectivity index (χ1n) is 4.77. The van der Waals surface area contributed by atoms with Crippen molar-refractivity contribution in [1.29, 1.82) is 0 Å². The molecular formula is C11H15N3. The van der Waals surface area contributed by atoms with Gasteiger partial charge in [-0.25, -0.2) is 0 Å². The molecule has 0 amide bonds. The molecule has 0 aliphatic carbocycles. The van der Waals surface area contributed by atoms with E-state index in [1.54, 1.807) is 0 Å². The van der Waals surface area contributed by atoms with Crippen LogP contribution in [0.25, 0.3) is 10.9 Å². The highest BCUT2D eigenvalue weighted by Gasteiger charge is 2.18. The lowest BCUT2D eigenvalue weighted by atomic mass is 9.84. The molecule has 0 atom stereocenters. The van der Waals surface area contributed by atoms with E-state index in [0.29, 0.717) is 6.54 Å². The summed E-state index contributed by atoms with van der Waals surface area (Å²) in [5.74, 6) is 0. The first-order chi connectivity index (χ1) is 6.63. The van der Waals surface area contributed by atoms with Crippen LogP contribution in [0.5, 0.6) is 0 Å². The van der Waals surface area contributed by atoms with E-state index in [4.69, 9.17) is 5.73 Å². The summed E-state index contributed by atoms with van der Waals surface area (Å²) < 4.78 is 0. The van der Waals surface area contributed by atoms with Gasteiger partial charge in [-0.3, -0.25) is 5.10 Å². The van der Waals surface area contributed by atoms with Crippen molar-refractivity contribution in [3.8, 4) is 0 Å². The van der Waals surface area contributed by atoms with Gasteiger partial charge in [-0.1, -0.05) is 19.9 Å². The van der Waals surface area contributed by atoms with Crippen LogP contribution in [0.1, 0.15) is 19.4 Å². The van der Waals surface area contributed by atoms with Crippen LogP contribution >= 0.6 is 0 Å². The topological polar surface area (TPSA) is 54.7 Å². The molecule has 0 aliphatic rings. The summed E-state index contributed by atoms with van der Waals surface area (Å²) in [5, 5.41) is 8.07. The maximum absolute atomic E-state index is 5.73. The molecule has 2 rings (SSSR count). The molecular weight excluding hydrogens is 174 g/mol. The first kappa shape index (κ1) is 9.21. The Hall–Kier alpha value is -1.35. The number of hydrogen-bond acceptors (Lipinski definition) is 2. The van der Waals surface area contributed by atoms with E-state index in [2.05, 4.69) is 42.2 Å². The Labute approximate surface area is 83.3 Å². The lowest BCUT2D eigenvalue weighted by Gasteiger charge is -2.22. The van der Waals surface area contributed by atoms with Gasteiger partial charge in [0.1, 0.15) is 0 Å². The van der Waals surface area contributed by atoms with Crippen LogP contribution in [-0.2, 0) is 5.41 Å². The van der Waals surface area contributed by atoms with Crippen LogP contribution in [0.4, 0.5) is 0 Å². The van der Waals surface area contributed by atoms with Crippen molar-refractivity contribution in [2.24, 2.45) is 5.73 Å². The van der Waals surface area contributed by atoms with Crippen LogP contribution in [-0.4, -0.2) is 16.7 Å². The van der Waals surface area contributed by atoms with Gasteiger partial charge in [-0.15, -0.1) is 0 Å². The second kappa shape index (κ2) is 3.10. The second-order valence-corrected chi connectivity index (χ2v) is 4.26. The molecule has 0 radical (unpaired) electrons. The molecule has 1 aromatic heterocycles. The van der Waals surface area contributed by atoms with Gasteiger partial charge in [-0.2, -0.15) is 5.10 Å². The fraction of sp³-hybridized carbons (Fsp3) is 0.364. The van der Waals surface area contributed by atoms with Crippen molar-refractivity contribution in [2.45, 2.75) is 19.3 Å². The number of nitrogens with one attached hydrogen (secondary N) is 1. The van der Waals surface area contributed by atoms with E-state index in [1.807, 2.05) is 6.20 Å². The molecule has 1 heterocycles. The maximum atomic E-state index is 5.73. The predicted octanol–water partition coefficient (Wildman–Crippen LogP) is 1.80. The molecule has 3 N–H and O–H groups in total. The zero-order valence-corrected chi connectivity index (χ0v) is 8.54. The molecule has 14 heavy (non-hydrogen) atoms. The lowest BCUT2D eigenvalue weighted by Crippen LogP contribution is -2.27. The largest absolute Gasteiger partial charge is 0.330 e. The minimum absolute atomic E-state index is 0.0332. The van der Waals surface area contributed by atoms with Gasteiger partial charge in [0.25, 0.3) is 0 Å². The summed E-state index contributed by atoms with van der Waals surface area (Å²) in [7, 11) is 0. The van der Waals surface area contributed by atoms with Crippen LogP contribution in [0.2, 0.25) is 0 Å². The fourth-order valence-electron chi connectivity index (χ4n) is 1.48. The highest BCUT2D eigenvalue weighted by atomic mass is 15.1. The van der Waals surface area contributed by atoms with Gasteiger partial charge in [0.2, 0.25) is 0 Å². The fourth-order valence-corrected chi connectivity index (χ4v) is 1.48. The SMILES string of the molecule is CC(C)(CN)c1ccc2[nH]ncc2c1. The third kappa shape index (κ3) is 1.40. The smallest absolute Gasteiger partial charge is 0.0650 e. The molecule has 0 saturated heterocycles. The molecule has 0 spiro atoms. The number of aromatic nitrogens is 2. The summed E-state index contributed by atoms with van der Waals surface area (Å²) in [5.41, 5.74) is 8.10. The minimum Gasteiger partial charge on any atom is -0.330 e. The summed E-state index contributed by atoms with van der Waals surface area (Å²) in [4.78, 5) is 0. The summed E-state index contributed by atoms with van der Waals surface area (Å²) in [6.45, 7) is 4.94. The Morgan fingerprint density at radius 2 is 2.21 bits per heavy atom. The van der Waals surface area contributed by atoms with Crippen molar-refractivity contribution < 1.29 is 0 Å². The van der Waals surface area contributed by atoms with Crippen molar-refractivity contribution in [2.75, 3.05) is 6.54 Å². The quantitative estimate of drug-likeness (QED) is 0.756. The third-order valence-corrected chi connectivity index (χ3v) is 2.73. The van der Waals surface area contributed by atoms with Crippen LogP contribution in [0, 0.1) is 0 Å². The average Bonchev–Trinajstić information content (AvgIpc) is 2.64. The van der Waals surface area contributed by atoms with Crippen LogP contribution in [0.3, 0.4) is 0 Å². The minimum atomic E-state index is 0.0332. The van der Waals surface area contributed by atoms with Crippen molar-refractivity contribution in [3.05, 3.63) is 30.0 Å².